The van der Waals surface area contributed by atoms with E-state index in [0.717, 1.165) is 0 Å². The second-order valence-corrected chi connectivity index (χ2v) is 3.24. The molecule has 0 amide bonds. The molecule has 7 heteroatoms. The van der Waals surface area contributed by atoms with Crippen molar-refractivity contribution in [1.82, 2.24) is 20.1 Å². The number of halogens is 1. The van der Waals surface area contributed by atoms with E-state index in [2.05, 4.69) is 25.4 Å². The molecule has 0 aromatic carbocycles. The quantitative estimate of drug-likeness (QED) is 0.852. The van der Waals surface area contributed by atoms with E-state index < -0.39 is 0 Å². The Morgan fingerprint density at radius 2 is 2.13 bits per heavy atom. The third-order valence-electron chi connectivity index (χ3n) is 1.59. The van der Waals surface area contributed by atoms with Crippen LogP contribution in [-0.2, 0) is 6.54 Å². The third-order valence-corrected chi connectivity index (χ3v) is 1.79. The minimum atomic E-state index is 0.416. The molecule has 2 aromatic heterocycles. The van der Waals surface area contributed by atoms with Gasteiger partial charge in [-0.05, 0) is 0 Å². The summed E-state index contributed by atoms with van der Waals surface area (Å²) in [5.74, 6) is 1.57. The number of nitrogens with one attached hydrogen (secondary N) is 1. The first kappa shape index (κ1) is 9.85. The minimum absolute atomic E-state index is 0.416. The summed E-state index contributed by atoms with van der Waals surface area (Å²) in [6, 6.07) is 0. The van der Waals surface area contributed by atoms with Gasteiger partial charge in [0.05, 0.1) is 24.0 Å². The largest absolute Gasteiger partial charge is 0.347 e. The van der Waals surface area contributed by atoms with E-state index in [1.807, 2.05) is 0 Å². The second kappa shape index (κ2) is 4.22. The van der Waals surface area contributed by atoms with Crippen molar-refractivity contribution in [2.75, 3.05) is 5.32 Å². The van der Waals surface area contributed by atoms with Gasteiger partial charge in [-0.25, -0.2) is 9.97 Å². The Labute approximate surface area is 90.7 Å². The predicted molar refractivity (Wildman–Crippen MR) is 53.4 cm³/mol. The molecule has 2 heterocycles. The van der Waals surface area contributed by atoms with Gasteiger partial charge in [-0.3, -0.25) is 0 Å². The van der Waals surface area contributed by atoms with Gasteiger partial charge in [0.25, 0.3) is 0 Å². The van der Waals surface area contributed by atoms with E-state index >= 15 is 0 Å². The monoisotopic (exact) mass is 225 g/mol. The highest BCUT2D eigenvalue weighted by atomic mass is 35.5. The molecule has 15 heavy (non-hydrogen) atoms. The average Bonchev–Trinajstić information content (AvgIpc) is 2.64. The lowest BCUT2D eigenvalue weighted by Crippen LogP contribution is -2.04. The molecule has 0 unspecified atom stereocenters. The normalized spacial score (nSPS) is 10.3. The smallest absolute Gasteiger partial charge is 0.223 e. The molecule has 0 bridgehead atoms. The zero-order valence-corrected chi connectivity index (χ0v) is 8.69. The summed E-state index contributed by atoms with van der Waals surface area (Å²) >= 11 is 5.64. The van der Waals surface area contributed by atoms with Gasteiger partial charge in [0.2, 0.25) is 11.8 Å². The molecule has 0 radical (unpaired) electrons. The van der Waals surface area contributed by atoms with Crippen LogP contribution in [0, 0.1) is 6.92 Å². The summed E-state index contributed by atoms with van der Waals surface area (Å²) in [4.78, 5) is 11.9. The molecule has 0 aliphatic carbocycles. The fraction of sp³-hybridized carbons (Fsp3) is 0.250. The number of hydrogen-bond acceptors (Lipinski definition) is 6. The lowest BCUT2D eigenvalue weighted by atomic mass is 10.6. The maximum atomic E-state index is 5.64. The zero-order valence-electron chi connectivity index (χ0n) is 7.94. The van der Waals surface area contributed by atoms with Crippen molar-refractivity contribution in [3.63, 3.8) is 0 Å². The highest BCUT2D eigenvalue weighted by molar-refractivity contribution is 6.30. The average molecular weight is 226 g/mol. The molecule has 78 valence electrons. The SMILES string of the molecule is Cc1nc(CNc2ncc(Cl)cn2)no1. The molecule has 2 rings (SSSR count). The van der Waals surface area contributed by atoms with Gasteiger partial charge < -0.3 is 9.84 Å². The number of anilines is 1. The first-order valence-electron chi connectivity index (χ1n) is 4.24. The number of aromatic nitrogens is 4. The minimum Gasteiger partial charge on any atom is -0.347 e. The second-order valence-electron chi connectivity index (χ2n) is 2.81. The Hall–Kier alpha value is -1.69. The van der Waals surface area contributed by atoms with E-state index in [-0.39, 0.29) is 0 Å². The van der Waals surface area contributed by atoms with E-state index in [4.69, 9.17) is 16.1 Å². The van der Waals surface area contributed by atoms with Crippen LogP contribution in [0.4, 0.5) is 5.95 Å². The van der Waals surface area contributed by atoms with Crippen LogP contribution < -0.4 is 5.32 Å². The summed E-state index contributed by atoms with van der Waals surface area (Å²) in [6.07, 6.45) is 3.02. The summed E-state index contributed by atoms with van der Waals surface area (Å²) in [5, 5.41) is 7.15. The molecular formula is C8H8ClN5O. The number of aryl methyl sites for hydroxylation is 1. The molecular weight excluding hydrogens is 218 g/mol. The van der Waals surface area contributed by atoms with Gasteiger partial charge in [-0.2, -0.15) is 4.98 Å². The summed E-state index contributed by atoms with van der Waals surface area (Å²) in [6.45, 7) is 2.15. The highest BCUT2D eigenvalue weighted by Gasteiger charge is 2.02. The maximum absolute atomic E-state index is 5.64. The lowest BCUT2D eigenvalue weighted by Gasteiger charge is -1.99. The van der Waals surface area contributed by atoms with Crippen LogP contribution in [0.2, 0.25) is 5.02 Å². The van der Waals surface area contributed by atoms with Crippen LogP contribution in [-0.4, -0.2) is 20.1 Å². The van der Waals surface area contributed by atoms with E-state index in [1.165, 1.54) is 12.4 Å². The molecule has 2 aromatic rings. The van der Waals surface area contributed by atoms with Crippen molar-refractivity contribution in [3.8, 4) is 0 Å². The van der Waals surface area contributed by atoms with Crippen LogP contribution in [0.5, 0.6) is 0 Å². The van der Waals surface area contributed by atoms with E-state index in [1.54, 1.807) is 6.92 Å². The standard InChI is InChI=1S/C8H8ClN5O/c1-5-13-7(14-15-5)4-12-8-10-2-6(9)3-11-8/h2-3H,4H2,1H3,(H,10,11,12). The van der Waals surface area contributed by atoms with Gasteiger partial charge in [-0.15, -0.1) is 0 Å². The summed E-state index contributed by atoms with van der Waals surface area (Å²) in [5.41, 5.74) is 0. The van der Waals surface area contributed by atoms with Crippen LogP contribution in [0.15, 0.2) is 16.9 Å². The van der Waals surface area contributed by atoms with E-state index in [9.17, 15) is 0 Å². The Morgan fingerprint density at radius 1 is 1.40 bits per heavy atom. The van der Waals surface area contributed by atoms with Gasteiger partial charge >= 0.3 is 0 Å². The highest BCUT2D eigenvalue weighted by Crippen LogP contribution is 2.06. The van der Waals surface area contributed by atoms with Gasteiger partial charge in [-0.1, -0.05) is 16.8 Å². The molecule has 0 spiro atoms. The van der Waals surface area contributed by atoms with Crippen LogP contribution in [0.25, 0.3) is 0 Å². The predicted octanol–water partition coefficient (Wildman–Crippen LogP) is 1.43. The molecule has 6 nitrogen and oxygen atoms in total. The third kappa shape index (κ3) is 2.63. The molecule has 0 atom stereocenters. The molecule has 0 saturated heterocycles. The Balaban J connectivity index is 1.96. The van der Waals surface area contributed by atoms with Gasteiger partial charge in [0.15, 0.2) is 5.82 Å². The zero-order chi connectivity index (χ0) is 10.7. The summed E-state index contributed by atoms with van der Waals surface area (Å²) in [7, 11) is 0. The first-order chi connectivity index (χ1) is 7.24. The maximum Gasteiger partial charge on any atom is 0.223 e. The van der Waals surface area contributed by atoms with Crippen LogP contribution >= 0.6 is 11.6 Å². The lowest BCUT2D eigenvalue weighted by molar-refractivity contribution is 0.388. The molecule has 0 aliphatic rings. The Kier molecular flexibility index (Phi) is 2.77. The van der Waals surface area contributed by atoms with Crippen molar-refractivity contribution in [1.29, 1.82) is 0 Å². The molecule has 1 N–H and O–H groups in total. The van der Waals surface area contributed by atoms with Crippen molar-refractivity contribution in [2.24, 2.45) is 0 Å². The van der Waals surface area contributed by atoms with E-state index in [0.29, 0.717) is 29.2 Å². The van der Waals surface area contributed by atoms with Crippen molar-refractivity contribution >= 4 is 17.5 Å². The fourth-order valence-electron chi connectivity index (χ4n) is 0.975. The molecule has 0 fully saturated rings. The molecule has 0 saturated carbocycles. The van der Waals surface area contributed by atoms with Crippen LogP contribution in [0.1, 0.15) is 11.7 Å². The molecule has 0 aliphatic heterocycles. The Morgan fingerprint density at radius 3 is 2.73 bits per heavy atom. The fourth-order valence-corrected chi connectivity index (χ4v) is 1.07. The van der Waals surface area contributed by atoms with Gasteiger partial charge in [0.1, 0.15) is 0 Å². The number of nitrogens with zero attached hydrogens (tertiary/aromatic N) is 4. The topological polar surface area (TPSA) is 76.7 Å². The van der Waals surface area contributed by atoms with Crippen molar-refractivity contribution < 1.29 is 4.52 Å². The van der Waals surface area contributed by atoms with Crippen molar-refractivity contribution in [3.05, 3.63) is 29.1 Å². The number of rotatable bonds is 3. The van der Waals surface area contributed by atoms with Crippen molar-refractivity contribution in [2.45, 2.75) is 13.5 Å². The number of hydrogen-bond donors (Lipinski definition) is 1. The summed E-state index contributed by atoms with van der Waals surface area (Å²) < 4.78 is 4.81. The first-order valence-corrected chi connectivity index (χ1v) is 4.62. The van der Waals surface area contributed by atoms with Gasteiger partial charge in [0, 0.05) is 6.92 Å². The Bertz CT molecular complexity index is 441. The van der Waals surface area contributed by atoms with Crippen LogP contribution in [0.3, 0.4) is 0 Å².